The van der Waals surface area contributed by atoms with E-state index in [4.69, 9.17) is 4.74 Å². The molecule has 7 nitrogen and oxygen atoms in total. The highest BCUT2D eigenvalue weighted by Crippen LogP contribution is 2.17. The van der Waals surface area contributed by atoms with E-state index in [1.165, 1.54) is 0 Å². The van der Waals surface area contributed by atoms with Crippen LogP contribution in [-0.4, -0.2) is 48.2 Å². The Morgan fingerprint density at radius 1 is 1.00 bits per heavy atom. The molecule has 0 heterocycles. The molecule has 29 heavy (non-hydrogen) atoms. The molecule has 0 fully saturated rings. The number of hydrogen-bond donors (Lipinski definition) is 3. The summed E-state index contributed by atoms with van der Waals surface area (Å²) in [5.74, 6) is 1.47. The van der Waals surface area contributed by atoms with Crippen LogP contribution in [-0.2, 0) is 16.4 Å². The first-order chi connectivity index (χ1) is 13.5. The van der Waals surface area contributed by atoms with Gasteiger partial charge < -0.3 is 15.4 Å². The van der Waals surface area contributed by atoms with Gasteiger partial charge in [-0.25, -0.2) is 13.1 Å². The van der Waals surface area contributed by atoms with Crippen LogP contribution in [0.2, 0.25) is 0 Å². The maximum absolute atomic E-state index is 12.3. The average molecular weight is 532 g/mol. The predicted octanol–water partition coefficient (Wildman–Crippen LogP) is 2.31. The highest BCUT2D eigenvalue weighted by atomic mass is 127. The van der Waals surface area contributed by atoms with Crippen LogP contribution >= 0.6 is 24.0 Å². The summed E-state index contributed by atoms with van der Waals surface area (Å²) in [7, 11) is -0.174. The van der Waals surface area contributed by atoms with Gasteiger partial charge in [-0.1, -0.05) is 35.9 Å². The van der Waals surface area contributed by atoms with E-state index in [9.17, 15) is 8.42 Å². The van der Waals surface area contributed by atoms with E-state index in [2.05, 4.69) is 20.3 Å². The van der Waals surface area contributed by atoms with Crippen LogP contribution in [0.5, 0.6) is 5.75 Å². The van der Waals surface area contributed by atoms with Crippen molar-refractivity contribution >= 4 is 40.0 Å². The number of ether oxygens (including phenoxy) is 1. The van der Waals surface area contributed by atoms with E-state index in [1.54, 1.807) is 38.4 Å². The Kier molecular flexibility index (Phi) is 11.0. The Bertz CT molecular complexity index is 887. The molecule has 0 saturated heterocycles. The van der Waals surface area contributed by atoms with E-state index in [0.717, 1.165) is 23.3 Å². The van der Waals surface area contributed by atoms with Gasteiger partial charge in [0.2, 0.25) is 10.0 Å². The summed E-state index contributed by atoms with van der Waals surface area (Å²) >= 11 is 0. The number of para-hydroxylation sites is 1. The highest BCUT2D eigenvalue weighted by Gasteiger charge is 2.12. The lowest BCUT2D eigenvalue weighted by molar-refractivity contribution is 0.409. The van der Waals surface area contributed by atoms with Crippen LogP contribution < -0.4 is 20.1 Å². The molecule has 0 saturated carbocycles. The van der Waals surface area contributed by atoms with Gasteiger partial charge in [0.25, 0.3) is 0 Å². The van der Waals surface area contributed by atoms with Gasteiger partial charge in [0, 0.05) is 26.7 Å². The average Bonchev–Trinajstić information content (AvgIpc) is 2.70. The van der Waals surface area contributed by atoms with Crippen molar-refractivity contribution in [1.82, 2.24) is 15.4 Å². The van der Waals surface area contributed by atoms with E-state index < -0.39 is 10.0 Å². The molecule has 0 aliphatic carbocycles. The number of methoxy groups -OCH3 is 1. The van der Waals surface area contributed by atoms with Crippen LogP contribution in [0.4, 0.5) is 0 Å². The minimum Gasteiger partial charge on any atom is -0.496 e. The van der Waals surface area contributed by atoms with Gasteiger partial charge in [-0.05, 0) is 37.1 Å². The zero-order valence-electron chi connectivity index (χ0n) is 16.9. The smallest absolute Gasteiger partial charge is 0.240 e. The minimum atomic E-state index is -3.51. The quantitative estimate of drug-likeness (QED) is 0.200. The number of rotatable bonds is 9. The van der Waals surface area contributed by atoms with E-state index in [-0.39, 0.29) is 35.4 Å². The van der Waals surface area contributed by atoms with Crippen LogP contribution in [0.25, 0.3) is 0 Å². The Labute approximate surface area is 190 Å². The lowest BCUT2D eigenvalue weighted by Crippen LogP contribution is -2.42. The molecule has 3 N–H and O–H groups in total. The van der Waals surface area contributed by atoms with Gasteiger partial charge in [0.1, 0.15) is 5.75 Å². The zero-order chi connectivity index (χ0) is 20.4. The maximum Gasteiger partial charge on any atom is 0.240 e. The molecule has 2 aromatic rings. The largest absolute Gasteiger partial charge is 0.496 e. The first-order valence-corrected chi connectivity index (χ1v) is 10.6. The van der Waals surface area contributed by atoms with Gasteiger partial charge in [-0.3, -0.25) is 4.99 Å². The fraction of sp³-hybridized carbons (Fsp3) is 0.350. The summed E-state index contributed by atoms with van der Waals surface area (Å²) in [6.07, 6.45) is 0.783. The van der Waals surface area contributed by atoms with E-state index in [0.29, 0.717) is 19.0 Å². The fourth-order valence-corrected chi connectivity index (χ4v) is 3.64. The van der Waals surface area contributed by atoms with E-state index >= 15 is 0 Å². The van der Waals surface area contributed by atoms with Crippen LogP contribution in [0.1, 0.15) is 11.1 Å². The first-order valence-electron chi connectivity index (χ1n) is 9.09. The summed E-state index contributed by atoms with van der Waals surface area (Å²) in [5.41, 5.74) is 2.13. The summed E-state index contributed by atoms with van der Waals surface area (Å²) in [6.45, 7) is 3.26. The van der Waals surface area contributed by atoms with E-state index in [1.807, 2.05) is 31.2 Å². The summed E-state index contributed by atoms with van der Waals surface area (Å²) < 4.78 is 32.4. The molecule has 0 bridgehead atoms. The second-order valence-electron chi connectivity index (χ2n) is 6.20. The number of nitrogens with one attached hydrogen (secondary N) is 3. The fourth-order valence-electron chi connectivity index (χ4n) is 2.61. The molecule has 0 aromatic heterocycles. The normalized spacial score (nSPS) is 11.5. The molecule has 160 valence electrons. The third kappa shape index (κ3) is 8.19. The molecule has 9 heteroatoms. The molecular weight excluding hydrogens is 503 g/mol. The number of aryl methyl sites for hydroxylation is 1. The van der Waals surface area contributed by atoms with Crippen molar-refractivity contribution in [2.45, 2.75) is 18.2 Å². The molecule has 0 aliphatic rings. The monoisotopic (exact) mass is 532 g/mol. The summed E-state index contributed by atoms with van der Waals surface area (Å²) in [4.78, 5) is 4.41. The van der Waals surface area contributed by atoms with Crippen molar-refractivity contribution in [2.24, 2.45) is 4.99 Å². The number of hydrogen-bond acceptors (Lipinski definition) is 4. The topological polar surface area (TPSA) is 91.8 Å². The summed E-state index contributed by atoms with van der Waals surface area (Å²) in [6, 6.07) is 14.6. The molecule has 2 aromatic carbocycles. The van der Waals surface area contributed by atoms with Crippen molar-refractivity contribution in [3.8, 4) is 5.75 Å². The number of benzene rings is 2. The lowest BCUT2D eigenvalue weighted by Gasteiger charge is -2.13. The van der Waals surface area contributed by atoms with Crippen molar-refractivity contribution in [2.75, 3.05) is 33.8 Å². The third-order valence-corrected chi connectivity index (χ3v) is 5.62. The number of halogens is 1. The SMILES string of the molecule is CN=C(NCCNS(=O)(=O)c1ccc(C)cc1)NCCc1ccccc1OC.I. The Morgan fingerprint density at radius 2 is 1.66 bits per heavy atom. The molecule has 0 radical (unpaired) electrons. The Morgan fingerprint density at radius 3 is 2.31 bits per heavy atom. The van der Waals surface area contributed by atoms with Crippen molar-refractivity contribution in [3.05, 3.63) is 59.7 Å². The predicted molar refractivity (Wildman–Crippen MR) is 128 cm³/mol. The van der Waals surface area contributed by atoms with Crippen LogP contribution in [0, 0.1) is 6.92 Å². The Hall–Kier alpha value is -1.85. The molecule has 2 rings (SSSR count). The number of sulfonamides is 1. The number of nitrogens with zero attached hydrogens (tertiary/aromatic N) is 1. The molecule has 0 spiro atoms. The van der Waals surface area contributed by atoms with Gasteiger partial charge in [0.05, 0.1) is 12.0 Å². The van der Waals surface area contributed by atoms with Gasteiger partial charge in [0.15, 0.2) is 5.96 Å². The first kappa shape index (κ1) is 25.2. The Balaban J connectivity index is 0.00000420. The van der Waals surface area contributed by atoms with Crippen molar-refractivity contribution in [1.29, 1.82) is 0 Å². The number of guanidine groups is 1. The van der Waals surface area contributed by atoms with Crippen LogP contribution in [0.15, 0.2) is 58.4 Å². The van der Waals surface area contributed by atoms with Crippen molar-refractivity contribution < 1.29 is 13.2 Å². The molecule has 0 amide bonds. The molecule has 0 unspecified atom stereocenters. The van der Waals surface area contributed by atoms with Gasteiger partial charge in [-0.15, -0.1) is 24.0 Å². The standard InChI is InChI=1S/C20H28N4O3S.HI/c1-16-8-10-18(11-9-16)28(25,26)24-15-14-23-20(21-2)22-13-12-17-6-4-5-7-19(17)27-3;/h4-11,24H,12-15H2,1-3H3,(H2,21,22,23);1H. The molecule has 0 atom stereocenters. The maximum atomic E-state index is 12.3. The van der Waals surface area contributed by atoms with Gasteiger partial charge in [-0.2, -0.15) is 0 Å². The summed E-state index contributed by atoms with van der Waals surface area (Å²) in [5, 5.41) is 6.31. The number of aliphatic imine (C=N–C) groups is 1. The minimum absolute atomic E-state index is 0. The second-order valence-corrected chi connectivity index (χ2v) is 7.97. The highest BCUT2D eigenvalue weighted by molar-refractivity contribution is 14.0. The van der Waals surface area contributed by atoms with Gasteiger partial charge >= 0.3 is 0 Å². The lowest BCUT2D eigenvalue weighted by atomic mass is 10.1. The van der Waals surface area contributed by atoms with Crippen molar-refractivity contribution in [3.63, 3.8) is 0 Å². The second kappa shape index (κ2) is 12.7. The third-order valence-electron chi connectivity index (χ3n) is 4.14. The zero-order valence-corrected chi connectivity index (χ0v) is 20.1. The molecular formula is C20H29IN4O3S. The molecule has 0 aliphatic heterocycles. The van der Waals surface area contributed by atoms with Crippen LogP contribution in [0.3, 0.4) is 0 Å².